The maximum atomic E-state index is 11.4. The lowest BCUT2D eigenvalue weighted by molar-refractivity contribution is -0.114. The highest BCUT2D eigenvalue weighted by Crippen LogP contribution is 2.38. The Morgan fingerprint density at radius 3 is 2.17 bits per heavy atom. The largest absolute Gasteiger partial charge is 0.483 e. The maximum Gasteiger partial charge on any atom is 0.160 e. The van der Waals surface area contributed by atoms with Crippen LogP contribution in [0.4, 0.5) is 0 Å². The molecule has 0 saturated heterocycles. The van der Waals surface area contributed by atoms with Gasteiger partial charge in [0.15, 0.2) is 12.4 Å². The van der Waals surface area contributed by atoms with Crippen LogP contribution in [-0.2, 0) is 15.6 Å². The van der Waals surface area contributed by atoms with Crippen LogP contribution in [0.5, 0.6) is 5.75 Å². The van der Waals surface area contributed by atoms with E-state index in [1.165, 1.54) is 11.1 Å². The molecule has 0 aliphatic heterocycles. The van der Waals surface area contributed by atoms with E-state index in [1.807, 2.05) is 0 Å². The van der Waals surface area contributed by atoms with Gasteiger partial charge in [-0.2, -0.15) is 0 Å². The molecule has 2 heteroatoms. The first-order valence-electron chi connectivity index (χ1n) is 9.48. The minimum atomic E-state index is -0.346. The minimum absolute atomic E-state index is 0.0212. The minimum Gasteiger partial charge on any atom is -0.483 e. The van der Waals surface area contributed by atoms with Crippen LogP contribution in [0.15, 0.2) is 18.2 Å². The van der Waals surface area contributed by atoms with Crippen molar-refractivity contribution < 1.29 is 9.53 Å². The Balaban J connectivity index is 3.26. The fourth-order valence-corrected chi connectivity index (χ4v) is 2.70. The Morgan fingerprint density at radius 1 is 1.04 bits per heavy atom. The molecule has 0 bridgehead atoms. The molecule has 0 saturated carbocycles. The van der Waals surface area contributed by atoms with Crippen LogP contribution in [0.25, 0.3) is 0 Å². The second-order valence-corrected chi connectivity index (χ2v) is 8.12. The van der Waals surface area contributed by atoms with Gasteiger partial charge in [0, 0.05) is 5.56 Å². The number of rotatable bonds is 10. The van der Waals surface area contributed by atoms with Gasteiger partial charge in [-0.3, -0.25) is 4.79 Å². The lowest BCUT2D eigenvalue weighted by Crippen LogP contribution is -2.24. The fraction of sp³-hybridized carbons (Fsp3) is 0.682. The second-order valence-electron chi connectivity index (χ2n) is 8.12. The van der Waals surface area contributed by atoms with Crippen molar-refractivity contribution >= 4 is 6.29 Å². The highest BCUT2D eigenvalue weighted by molar-refractivity contribution is 5.57. The van der Waals surface area contributed by atoms with Gasteiger partial charge in [0.2, 0.25) is 0 Å². The molecule has 0 N–H and O–H groups in total. The van der Waals surface area contributed by atoms with Crippen LogP contribution in [0, 0.1) is 0 Å². The summed E-state index contributed by atoms with van der Waals surface area (Å²) in [5.74, 6) is 0.866. The zero-order valence-electron chi connectivity index (χ0n) is 16.7. The highest BCUT2D eigenvalue weighted by Gasteiger charge is 2.27. The molecule has 2 nitrogen and oxygen atoms in total. The predicted octanol–water partition coefficient (Wildman–Crippen LogP) is 6.20. The monoisotopic (exact) mass is 332 g/mol. The molecule has 1 unspecified atom stereocenters. The van der Waals surface area contributed by atoms with Crippen molar-refractivity contribution in [3.05, 3.63) is 29.3 Å². The average molecular weight is 333 g/mol. The zero-order chi connectivity index (χ0) is 18.4. The number of hydrogen-bond acceptors (Lipinski definition) is 2. The molecule has 0 aliphatic carbocycles. The molecule has 1 atom stereocenters. The molecule has 0 fully saturated rings. The molecule has 0 radical (unpaired) electrons. The van der Waals surface area contributed by atoms with E-state index in [0.717, 1.165) is 44.1 Å². The van der Waals surface area contributed by atoms with Crippen LogP contribution in [0.3, 0.4) is 0 Å². The highest BCUT2D eigenvalue weighted by atomic mass is 16.5. The molecule has 24 heavy (non-hydrogen) atoms. The second kappa shape index (κ2) is 8.69. The van der Waals surface area contributed by atoms with Crippen LogP contribution < -0.4 is 4.74 Å². The third-order valence-electron chi connectivity index (χ3n) is 5.53. The maximum absolute atomic E-state index is 11.4. The summed E-state index contributed by atoms with van der Waals surface area (Å²) in [6, 6.07) is 6.53. The summed E-state index contributed by atoms with van der Waals surface area (Å²) in [4.78, 5) is 11.4. The van der Waals surface area contributed by atoms with Crippen molar-refractivity contribution in [2.75, 3.05) is 0 Å². The number of unbranched alkanes of at least 4 members (excludes halogenated alkanes) is 1. The SMILES string of the molecule is CCCCC(C=O)Oc1ccc(C(C)(C)CC)cc1C(C)(C)CC. The number of hydrogen-bond donors (Lipinski definition) is 0. The summed E-state index contributed by atoms with van der Waals surface area (Å²) in [5, 5.41) is 0. The van der Waals surface area contributed by atoms with Crippen molar-refractivity contribution in [3.8, 4) is 5.75 Å². The fourth-order valence-electron chi connectivity index (χ4n) is 2.70. The smallest absolute Gasteiger partial charge is 0.160 e. The molecule has 136 valence electrons. The summed E-state index contributed by atoms with van der Waals surface area (Å²) in [6.07, 6.45) is 5.59. The summed E-state index contributed by atoms with van der Waals surface area (Å²) in [6.45, 7) is 15.6. The molecule has 0 spiro atoms. The van der Waals surface area contributed by atoms with E-state index in [0.29, 0.717) is 0 Å². The van der Waals surface area contributed by atoms with Crippen LogP contribution in [0.2, 0.25) is 0 Å². The number of benzene rings is 1. The van der Waals surface area contributed by atoms with Gasteiger partial charge in [-0.25, -0.2) is 0 Å². The zero-order valence-corrected chi connectivity index (χ0v) is 16.7. The van der Waals surface area contributed by atoms with Crippen LogP contribution in [0.1, 0.15) is 91.7 Å². The van der Waals surface area contributed by atoms with E-state index in [2.05, 4.69) is 66.7 Å². The summed E-state index contributed by atoms with van der Waals surface area (Å²) in [5.41, 5.74) is 2.72. The third kappa shape index (κ3) is 5.09. The van der Waals surface area contributed by atoms with Crippen molar-refractivity contribution in [2.45, 2.75) is 97.5 Å². The molecule has 1 aromatic carbocycles. The summed E-state index contributed by atoms with van der Waals surface area (Å²) < 4.78 is 6.12. The predicted molar refractivity (Wildman–Crippen MR) is 103 cm³/mol. The molecule has 1 rings (SSSR count). The number of carbonyl (C=O) groups excluding carboxylic acids is 1. The van der Waals surface area contributed by atoms with Gasteiger partial charge in [0.25, 0.3) is 0 Å². The number of aldehydes is 1. The lowest BCUT2D eigenvalue weighted by atomic mass is 9.76. The molecular formula is C22H36O2. The average Bonchev–Trinajstić information content (AvgIpc) is 2.58. The normalized spacial score (nSPS) is 13.6. The molecule has 1 aromatic rings. The van der Waals surface area contributed by atoms with Crippen LogP contribution >= 0.6 is 0 Å². The molecule has 0 aliphatic rings. The standard InChI is InChI=1S/C22H36O2/c1-8-11-12-18(16-23)24-20-14-13-17(21(4,5)9-2)15-19(20)22(6,7)10-3/h13-16,18H,8-12H2,1-7H3. The van der Waals surface area contributed by atoms with E-state index in [1.54, 1.807) is 0 Å². The summed E-state index contributed by atoms with van der Waals surface area (Å²) >= 11 is 0. The number of ether oxygens (including phenoxy) is 1. The molecular weight excluding hydrogens is 296 g/mol. The van der Waals surface area contributed by atoms with Gasteiger partial charge in [-0.05, 0) is 48.1 Å². The van der Waals surface area contributed by atoms with E-state index in [9.17, 15) is 4.79 Å². The first kappa shape index (κ1) is 20.7. The van der Waals surface area contributed by atoms with E-state index >= 15 is 0 Å². The van der Waals surface area contributed by atoms with Crippen molar-refractivity contribution in [1.29, 1.82) is 0 Å². The van der Waals surface area contributed by atoms with Gasteiger partial charge >= 0.3 is 0 Å². The number of carbonyl (C=O) groups is 1. The Bertz CT molecular complexity index is 529. The molecule has 0 amide bonds. The van der Waals surface area contributed by atoms with Gasteiger partial charge < -0.3 is 4.74 Å². The van der Waals surface area contributed by atoms with Crippen molar-refractivity contribution in [2.24, 2.45) is 0 Å². The van der Waals surface area contributed by atoms with Crippen molar-refractivity contribution in [3.63, 3.8) is 0 Å². The van der Waals surface area contributed by atoms with E-state index in [-0.39, 0.29) is 16.9 Å². The first-order valence-corrected chi connectivity index (χ1v) is 9.48. The van der Waals surface area contributed by atoms with Gasteiger partial charge in [-0.1, -0.05) is 67.0 Å². The lowest BCUT2D eigenvalue weighted by Gasteiger charge is -2.31. The van der Waals surface area contributed by atoms with Crippen LogP contribution in [-0.4, -0.2) is 12.4 Å². The third-order valence-corrected chi connectivity index (χ3v) is 5.53. The van der Waals surface area contributed by atoms with Gasteiger partial charge in [-0.15, -0.1) is 0 Å². The Morgan fingerprint density at radius 2 is 1.67 bits per heavy atom. The van der Waals surface area contributed by atoms with Gasteiger partial charge in [0.1, 0.15) is 5.75 Å². The van der Waals surface area contributed by atoms with Gasteiger partial charge in [0.05, 0.1) is 0 Å². The van der Waals surface area contributed by atoms with Crippen molar-refractivity contribution in [1.82, 2.24) is 0 Å². The first-order chi connectivity index (χ1) is 11.2. The van der Waals surface area contributed by atoms with E-state index < -0.39 is 0 Å². The van der Waals surface area contributed by atoms with E-state index in [4.69, 9.17) is 4.74 Å². The Labute approximate surface area is 149 Å². The topological polar surface area (TPSA) is 26.3 Å². The molecule has 0 aromatic heterocycles. The Kier molecular flexibility index (Phi) is 7.51. The quantitative estimate of drug-likeness (QED) is 0.477. The molecule has 0 heterocycles. The summed E-state index contributed by atoms with van der Waals surface area (Å²) in [7, 11) is 0. The Hall–Kier alpha value is -1.31.